The first-order chi connectivity index (χ1) is 26.5. The number of carbonyl (C=O) groups is 3. The van der Waals surface area contributed by atoms with Crippen LogP contribution in [0.25, 0.3) is 11.0 Å². The van der Waals surface area contributed by atoms with E-state index in [1.54, 1.807) is 18.0 Å². The fourth-order valence-electron chi connectivity index (χ4n) is 6.30. The van der Waals surface area contributed by atoms with Crippen LogP contribution >= 0.6 is 11.8 Å². The van der Waals surface area contributed by atoms with Crippen molar-refractivity contribution in [1.29, 1.82) is 0 Å². The molecular formula is C36H52N12O6S. The normalized spacial score (nSPS) is 14.8. The van der Waals surface area contributed by atoms with E-state index in [1.165, 1.54) is 5.56 Å². The van der Waals surface area contributed by atoms with Crippen LogP contribution < -0.4 is 26.8 Å². The van der Waals surface area contributed by atoms with Gasteiger partial charge in [0.2, 0.25) is 11.9 Å². The number of benzene rings is 1. The van der Waals surface area contributed by atoms with Gasteiger partial charge < -0.3 is 41.6 Å². The number of rotatable bonds is 22. The van der Waals surface area contributed by atoms with Crippen molar-refractivity contribution in [1.82, 2.24) is 44.6 Å². The fraction of sp³-hybridized carbons (Fsp3) is 0.528. The number of carboxylic acids is 2. The first-order valence-corrected chi connectivity index (χ1v) is 19.5. The molecule has 1 aliphatic rings. The van der Waals surface area contributed by atoms with Gasteiger partial charge in [-0.1, -0.05) is 37.1 Å². The molecule has 1 amide bonds. The Morgan fingerprint density at radius 1 is 1.02 bits per heavy atom. The lowest BCUT2D eigenvalue weighted by atomic mass is 10.1. The summed E-state index contributed by atoms with van der Waals surface area (Å²) in [6.45, 7) is 9.61. The van der Waals surface area contributed by atoms with Crippen LogP contribution in [0.15, 0.2) is 36.7 Å². The van der Waals surface area contributed by atoms with Gasteiger partial charge >= 0.3 is 11.9 Å². The second-order valence-electron chi connectivity index (χ2n) is 13.6. The fourth-order valence-corrected chi connectivity index (χ4v) is 7.30. The number of hydrogen-bond acceptors (Lipinski definition) is 14. The van der Waals surface area contributed by atoms with Crippen LogP contribution in [0.4, 0.5) is 11.8 Å². The van der Waals surface area contributed by atoms with E-state index >= 15 is 0 Å². The Morgan fingerprint density at radius 3 is 2.53 bits per heavy atom. The third kappa shape index (κ3) is 12.0. The lowest BCUT2D eigenvalue weighted by Gasteiger charge is -2.34. The quantitative estimate of drug-likeness (QED) is 0.0622. The highest BCUT2D eigenvalue weighted by Gasteiger charge is 2.25. The Morgan fingerprint density at radius 2 is 1.80 bits per heavy atom. The molecule has 4 heterocycles. The van der Waals surface area contributed by atoms with Gasteiger partial charge in [-0.15, -0.1) is 16.9 Å². The van der Waals surface area contributed by atoms with Crippen LogP contribution in [0.5, 0.6) is 5.75 Å². The van der Waals surface area contributed by atoms with E-state index in [-0.39, 0.29) is 24.7 Å². The lowest BCUT2D eigenvalue weighted by Crippen LogP contribution is -2.46. The zero-order valence-electron chi connectivity index (χ0n) is 31.4. The first kappa shape index (κ1) is 41.2. The summed E-state index contributed by atoms with van der Waals surface area (Å²) in [4.78, 5) is 48.6. The number of methoxy groups -OCH3 is 1. The van der Waals surface area contributed by atoms with Crippen molar-refractivity contribution in [2.75, 3.05) is 63.2 Å². The van der Waals surface area contributed by atoms with Crippen molar-refractivity contribution in [2.45, 2.75) is 70.1 Å². The average molecular weight is 781 g/mol. The molecule has 5 rings (SSSR count). The molecule has 0 saturated carbocycles. The Labute approximate surface area is 324 Å². The number of hydrogen-bond donors (Lipinski definition) is 6. The van der Waals surface area contributed by atoms with Crippen molar-refractivity contribution in [3.8, 4) is 5.75 Å². The van der Waals surface area contributed by atoms with E-state index in [2.05, 4.69) is 70.4 Å². The average Bonchev–Trinajstić information content (AvgIpc) is 3.80. The summed E-state index contributed by atoms with van der Waals surface area (Å²) in [6, 6.07) is 7.18. The Kier molecular flexibility index (Phi) is 15.0. The van der Waals surface area contributed by atoms with Gasteiger partial charge in [0.05, 0.1) is 38.5 Å². The number of amides is 1. The molecule has 0 aliphatic carbocycles. The number of carboxylic acid groups (broad SMARTS) is 2. The van der Waals surface area contributed by atoms with E-state index in [0.29, 0.717) is 18.8 Å². The van der Waals surface area contributed by atoms with E-state index in [9.17, 15) is 19.5 Å². The molecule has 1 aromatic carbocycles. The van der Waals surface area contributed by atoms with Crippen LogP contribution in [-0.4, -0.2) is 131 Å². The second kappa shape index (κ2) is 20.1. The van der Waals surface area contributed by atoms with E-state index in [1.807, 2.05) is 12.3 Å². The molecule has 0 radical (unpaired) electrons. The SMILES string of the molecule is CCCCCNc1nc(N)nc2ccn(Cc3ccc(CN4CCN(CCn5cc(CNC(=O)CC(SC[C@H](N)C(=O)O)C(=O)O)nn5)CC4)cc3OC)c12. The van der Waals surface area contributed by atoms with Gasteiger partial charge in [-0.05, 0) is 24.1 Å². The number of nitrogens with one attached hydrogen (secondary N) is 2. The van der Waals surface area contributed by atoms with Gasteiger partial charge in [-0.3, -0.25) is 28.9 Å². The summed E-state index contributed by atoms with van der Waals surface area (Å²) in [5.74, 6) is -1.21. The molecule has 1 aliphatic heterocycles. The third-order valence-electron chi connectivity index (χ3n) is 9.40. The molecule has 0 bridgehead atoms. The Balaban J connectivity index is 1.06. The molecule has 3 aromatic heterocycles. The highest BCUT2D eigenvalue weighted by Crippen LogP contribution is 2.28. The minimum Gasteiger partial charge on any atom is -0.496 e. The number of aliphatic carboxylic acids is 2. The molecule has 19 heteroatoms. The molecule has 4 aromatic rings. The number of nitrogens with two attached hydrogens (primary N) is 2. The zero-order chi connectivity index (χ0) is 39.3. The Bertz CT molecular complexity index is 1900. The van der Waals surface area contributed by atoms with E-state index in [0.717, 1.165) is 105 Å². The number of aromatic nitrogens is 6. The maximum absolute atomic E-state index is 12.4. The summed E-state index contributed by atoms with van der Waals surface area (Å²) >= 11 is 0.827. The number of nitrogen functional groups attached to an aromatic ring is 1. The largest absolute Gasteiger partial charge is 0.496 e. The molecule has 0 spiro atoms. The van der Waals surface area contributed by atoms with Crippen molar-refractivity contribution in [3.63, 3.8) is 0 Å². The molecular weight excluding hydrogens is 729 g/mol. The number of anilines is 2. The maximum Gasteiger partial charge on any atom is 0.321 e. The molecule has 1 fully saturated rings. The van der Waals surface area contributed by atoms with Crippen LogP contribution in [0.1, 0.15) is 49.4 Å². The van der Waals surface area contributed by atoms with Gasteiger partial charge in [0.25, 0.3) is 0 Å². The van der Waals surface area contributed by atoms with E-state index < -0.39 is 29.1 Å². The summed E-state index contributed by atoms with van der Waals surface area (Å²) in [7, 11) is 1.70. The third-order valence-corrected chi connectivity index (χ3v) is 10.7. The van der Waals surface area contributed by atoms with Crippen LogP contribution in [0.2, 0.25) is 0 Å². The summed E-state index contributed by atoms with van der Waals surface area (Å²) in [5.41, 5.74) is 16.0. The zero-order valence-corrected chi connectivity index (χ0v) is 32.2. The minimum absolute atomic E-state index is 0.0975. The highest BCUT2D eigenvalue weighted by molar-refractivity contribution is 8.00. The van der Waals surface area contributed by atoms with Crippen LogP contribution in [0, 0.1) is 0 Å². The van der Waals surface area contributed by atoms with Gasteiger partial charge in [-0.25, -0.2) is 4.98 Å². The maximum atomic E-state index is 12.4. The van der Waals surface area contributed by atoms with Gasteiger partial charge in [0.15, 0.2) is 5.82 Å². The summed E-state index contributed by atoms with van der Waals surface area (Å²) < 4.78 is 9.73. The summed E-state index contributed by atoms with van der Waals surface area (Å²) in [6.07, 6.45) is 6.80. The smallest absolute Gasteiger partial charge is 0.321 e. The molecule has 298 valence electrons. The molecule has 1 saturated heterocycles. The van der Waals surface area contributed by atoms with E-state index in [4.69, 9.17) is 21.3 Å². The number of unbranched alkanes of at least 4 members (excludes halogenated alkanes) is 2. The molecule has 2 atom stereocenters. The predicted molar refractivity (Wildman–Crippen MR) is 210 cm³/mol. The predicted octanol–water partition coefficient (Wildman–Crippen LogP) is 1.69. The summed E-state index contributed by atoms with van der Waals surface area (Å²) in [5, 5.41) is 31.6. The van der Waals surface area contributed by atoms with Crippen molar-refractivity contribution in [2.24, 2.45) is 5.73 Å². The van der Waals surface area contributed by atoms with Gasteiger partial charge in [0, 0.05) is 69.7 Å². The topological polar surface area (TPSA) is 245 Å². The van der Waals surface area contributed by atoms with Crippen LogP contribution in [0.3, 0.4) is 0 Å². The standard InChI is InChI=1S/C36H52N12O6S/c1-3-4-5-9-39-33-32-28(41-36(38)42-33)8-10-47(32)21-25-7-6-24(17-29(25)54-2)20-46-13-11-45(12-14-46)15-16-48-22-26(43-44-48)19-40-31(49)18-30(35(52)53)55-23-27(37)34(50)51/h6-8,10,17,22,27,30H,3-5,9,11-16,18-21,23,37H2,1-2H3,(H,40,49)(H,50,51)(H,52,53)(H3,38,39,41,42)/t27-,30?/m0/s1. The van der Waals surface area contributed by atoms with Gasteiger partial charge in [-0.2, -0.15) is 4.98 Å². The molecule has 8 N–H and O–H groups in total. The molecule has 1 unspecified atom stereocenters. The monoisotopic (exact) mass is 780 g/mol. The van der Waals surface area contributed by atoms with Gasteiger partial charge in [0.1, 0.15) is 28.3 Å². The highest BCUT2D eigenvalue weighted by atomic mass is 32.2. The minimum atomic E-state index is -1.23. The number of nitrogens with zero attached hydrogens (tertiary/aromatic N) is 8. The van der Waals surface area contributed by atoms with Crippen molar-refractivity contribution < 1.29 is 29.3 Å². The van der Waals surface area contributed by atoms with Crippen molar-refractivity contribution in [3.05, 3.63) is 53.5 Å². The number of fused-ring (bicyclic) bond motifs is 1. The molecule has 18 nitrogen and oxygen atoms in total. The second-order valence-corrected chi connectivity index (χ2v) is 14.8. The first-order valence-electron chi connectivity index (χ1n) is 18.5. The number of piperazine rings is 1. The molecule has 55 heavy (non-hydrogen) atoms. The number of ether oxygens (including phenoxy) is 1. The number of thioether (sulfide) groups is 1. The van der Waals surface area contributed by atoms with Crippen molar-refractivity contribution >= 4 is 52.4 Å². The Hall–Kier alpha value is -4.98. The lowest BCUT2D eigenvalue weighted by molar-refractivity contribution is -0.139. The van der Waals surface area contributed by atoms with Crippen LogP contribution in [-0.2, 0) is 40.6 Å². The number of carbonyl (C=O) groups excluding carboxylic acids is 1.